The summed E-state index contributed by atoms with van der Waals surface area (Å²) in [5, 5.41) is 3.37. The molecule has 0 saturated heterocycles. The van der Waals surface area contributed by atoms with Crippen LogP contribution in [0.2, 0.25) is 0 Å². The van der Waals surface area contributed by atoms with Crippen molar-refractivity contribution in [2.45, 2.75) is 6.42 Å². The number of hydrogen-bond acceptors (Lipinski definition) is 1. The fraction of sp³-hybridized carbons (Fsp3) is 0.200. The summed E-state index contributed by atoms with van der Waals surface area (Å²) in [6.07, 6.45) is 4.63. The standard InChI is InChI=1S/C10H9BrO/c11-4-3-8-1-2-9-6-12-7-10(9)5-8/h1-2,5-7H,3-4H2. The molecule has 0 unspecified atom stereocenters. The van der Waals surface area contributed by atoms with E-state index in [-0.39, 0.29) is 0 Å². The molecule has 0 atom stereocenters. The van der Waals surface area contributed by atoms with E-state index in [4.69, 9.17) is 4.42 Å². The molecule has 1 nitrogen and oxygen atoms in total. The Bertz CT molecular complexity index is 378. The molecule has 1 aromatic heterocycles. The highest BCUT2D eigenvalue weighted by atomic mass is 79.9. The molecule has 62 valence electrons. The number of alkyl halides is 1. The first-order valence-corrected chi connectivity index (χ1v) is 5.03. The van der Waals surface area contributed by atoms with Gasteiger partial charge in [-0.1, -0.05) is 28.1 Å². The van der Waals surface area contributed by atoms with Crippen LogP contribution in [0, 0.1) is 0 Å². The summed E-state index contributed by atoms with van der Waals surface area (Å²) in [6, 6.07) is 6.40. The lowest BCUT2D eigenvalue weighted by Crippen LogP contribution is -1.83. The molecule has 2 heteroatoms. The smallest absolute Gasteiger partial charge is 0.0981 e. The molecule has 0 aliphatic carbocycles. The van der Waals surface area contributed by atoms with E-state index in [2.05, 4.69) is 34.1 Å². The normalized spacial score (nSPS) is 10.8. The topological polar surface area (TPSA) is 13.1 Å². The molecule has 1 heterocycles. The first-order valence-electron chi connectivity index (χ1n) is 3.91. The van der Waals surface area contributed by atoms with Gasteiger partial charge in [-0.3, -0.25) is 0 Å². The van der Waals surface area contributed by atoms with Gasteiger partial charge in [-0.05, 0) is 18.1 Å². The maximum absolute atomic E-state index is 5.09. The molecule has 2 rings (SSSR count). The van der Waals surface area contributed by atoms with Crippen LogP contribution in [0.15, 0.2) is 35.1 Å². The second kappa shape index (κ2) is 3.31. The van der Waals surface area contributed by atoms with Gasteiger partial charge in [0, 0.05) is 16.1 Å². The van der Waals surface area contributed by atoms with Crippen molar-refractivity contribution in [3.8, 4) is 0 Å². The summed E-state index contributed by atoms with van der Waals surface area (Å²) < 4.78 is 5.09. The minimum Gasteiger partial charge on any atom is -0.471 e. The van der Waals surface area contributed by atoms with E-state index in [0.29, 0.717) is 0 Å². The highest BCUT2D eigenvalue weighted by Gasteiger charge is 1.96. The van der Waals surface area contributed by atoms with Crippen molar-refractivity contribution in [1.82, 2.24) is 0 Å². The van der Waals surface area contributed by atoms with E-state index in [1.807, 2.05) is 0 Å². The number of benzene rings is 1. The Hall–Kier alpha value is -0.760. The third-order valence-corrected chi connectivity index (χ3v) is 2.32. The van der Waals surface area contributed by atoms with Gasteiger partial charge < -0.3 is 4.42 Å². The molecule has 1 aromatic carbocycles. The summed E-state index contributed by atoms with van der Waals surface area (Å²) in [7, 11) is 0. The van der Waals surface area contributed by atoms with Gasteiger partial charge in [0.15, 0.2) is 0 Å². The molecule has 0 amide bonds. The van der Waals surface area contributed by atoms with E-state index < -0.39 is 0 Å². The molecule has 0 fully saturated rings. The van der Waals surface area contributed by atoms with Crippen LogP contribution in [0.4, 0.5) is 0 Å². The molecule has 0 aliphatic heterocycles. The summed E-state index contributed by atoms with van der Waals surface area (Å²) in [5.41, 5.74) is 1.35. The molecule has 0 aliphatic rings. The van der Waals surface area contributed by atoms with E-state index >= 15 is 0 Å². The van der Waals surface area contributed by atoms with Gasteiger partial charge in [-0.15, -0.1) is 0 Å². The van der Waals surface area contributed by atoms with Crippen molar-refractivity contribution in [3.63, 3.8) is 0 Å². The van der Waals surface area contributed by atoms with Gasteiger partial charge in [-0.2, -0.15) is 0 Å². The number of rotatable bonds is 2. The monoisotopic (exact) mass is 224 g/mol. The Balaban J connectivity index is 2.46. The zero-order valence-electron chi connectivity index (χ0n) is 6.59. The fourth-order valence-electron chi connectivity index (χ4n) is 1.28. The summed E-state index contributed by atoms with van der Waals surface area (Å²) >= 11 is 3.42. The molecule has 0 bridgehead atoms. The molecule has 0 N–H and O–H groups in total. The Morgan fingerprint density at radius 3 is 2.83 bits per heavy atom. The lowest BCUT2D eigenvalue weighted by Gasteiger charge is -1.96. The maximum atomic E-state index is 5.09. The van der Waals surface area contributed by atoms with Crippen LogP contribution in [0.5, 0.6) is 0 Å². The van der Waals surface area contributed by atoms with Crippen LogP contribution in [0.25, 0.3) is 10.8 Å². The van der Waals surface area contributed by atoms with Crippen molar-refractivity contribution < 1.29 is 4.42 Å². The van der Waals surface area contributed by atoms with Crippen LogP contribution in [0.3, 0.4) is 0 Å². The van der Waals surface area contributed by atoms with Gasteiger partial charge in [0.05, 0.1) is 12.5 Å². The molecule has 0 spiro atoms. The number of hydrogen-bond donors (Lipinski definition) is 0. The molecule has 0 radical (unpaired) electrons. The van der Waals surface area contributed by atoms with Crippen molar-refractivity contribution in [2.24, 2.45) is 0 Å². The summed E-state index contributed by atoms with van der Waals surface area (Å²) in [5.74, 6) is 0. The first kappa shape index (κ1) is 7.87. The third-order valence-electron chi connectivity index (χ3n) is 1.92. The summed E-state index contributed by atoms with van der Waals surface area (Å²) in [4.78, 5) is 0. The Kier molecular flexibility index (Phi) is 2.17. The van der Waals surface area contributed by atoms with Crippen molar-refractivity contribution in [3.05, 3.63) is 36.3 Å². The second-order valence-electron chi connectivity index (χ2n) is 2.77. The van der Waals surface area contributed by atoms with E-state index in [0.717, 1.165) is 11.8 Å². The van der Waals surface area contributed by atoms with Crippen LogP contribution in [-0.4, -0.2) is 5.33 Å². The van der Waals surface area contributed by atoms with Crippen LogP contribution < -0.4 is 0 Å². The lowest BCUT2D eigenvalue weighted by atomic mass is 10.1. The van der Waals surface area contributed by atoms with Gasteiger partial charge in [0.25, 0.3) is 0 Å². The molecule has 2 aromatic rings. The van der Waals surface area contributed by atoms with E-state index in [9.17, 15) is 0 Å². The molecule has 0 saturated carbocycles. The van der Waals surface area contributed by atoms with Gasteiger partial charge in [-0.25, -0.2) is 0 Å². The Labute approximate surface area is 79.5 Å². The average molecular weight is 225 g/mol. The van der Waals surface area contributed by atoms with Gasteiger partial charge in [0.2, 0.25) is 0 Å². The highest BCUT2D eigenvalue weighted by molar-refractivity contribution is 9.09. The predicted molar refractivity (Wildman–Crippen MR) is 53.7 cm³/mol. The SMILES string of the molecule is BrCCc1ccc2cocc2c1. The lowest BCUT2D eigenvalue weighted by molar-refractivity contribution is 0.572. The van der Waals surface area contributed by atoms with Crippen LogP contribution in [-0.2, 0) is 6.42 Å². The quantitative estimate of drug-likeness (QED) is 0.714. The van der Waals surface area contributed by atoms with Crippen LogP contribution in [0.1, 0.15) is 5.56 Å². The zero-order chi connectivity index (χ0) is 8.39. The van der Waals surface area contributed by atoms with Crippen LogP contribution >= 0.6 is 15.9 Å². The molecule has 12 heavy (non-hydrogen) atoms. The Morgan fingerprint density at radius 2 is 2.00 bits per heavy atom. The average Bonchev–Trinajstić information content (AvgIpc) is 2.51. The van der Waals surface area contributed by atoms with Gasteiger partial charge >= 0.3 is 0 Å². The maximum Gasteiger partial charge on any atom is 0.0981 e. The van der Waals surface area contributed by atoms with E-state index in [1.54, 1.807) is 12.5 Å². The van der Waals surface area contributed by atoms with Crippen molar-refractivity contribution in [1.29, 1.82) is 0 Å². The number of aryl methyl sites for hydroxylation is 1. The predicted octanol–water partition coefficient (Wildman–Crippen LogP) is 3.37. The zero-order valence-corrected chi connectivity index (χ0v) is 8.17. The number of halogens is 1. The second-order valence-corrected chi connectivity index (χ2v) is 3.57. The largest absolute Gasteiger partial charge is 0.471 e. The van der Waals surface area contributed by atoms with E-state index in [1.165, 1.54) is 16.3 Å². The molecular weight excluding hydrogens is 216 g/mol. The Morgan fingerprint density at radius 1 is 1.17 bits per heavy atom. The number of furan rings is 1. The third kappa shape index (κ3) is 1.39. The van der Waals surface area contributed by atoms with Crippen molar-refractivity contribution >= 4 is 26.7 Å². The minimum absolute atomic E-state index is 1.01. The van der Waals surface area contributed by atoms with Gasteiger partial charge in [0.1, 0.15) is 0 Å². The first-order chi connectivity index (χ1) is 5.90. The fourth-order valence-corrected chi connectivity index (χ4v) is 1.74. The van der Waals surface area contributed by atoms with Crippen molar-refractivity contribution in [2.75, 3.05) is 5.33 Å². The molecular formula is C10H9BrO. The minimum atomic E-state index is 1.01. The highest BCUT2D eigenvalue weighted by Crippen LogP contribution is 2.17. The number of fused-ring (bicyclic) bond motifs is 1. The summed E-state index contributed by atoms with van der Waals surface area (Å²) in [6.45, 7) is 0.